The maximum atomic E-state index is 11.8. The number of para-hydroxylation sites is 1. The Morgan fingerprint density at radius 1 is 1.08 bits per heavy atom. The van der Waals surface area contributed by atoms with Gasteiger partial charge in [-0.25, -0.2) is 9.78 Å². The third kappa shape index (κ3) is 2.80. The Hall–Kier alpha value is -2.36. The Morgan fingerprint density at radius 2 is 1.88 bits per heavy atom. The average molecular weight is 370 g/mol. The lowest BCUT2D eigenvalue weighted by Crippen LogP contribution is -2.05. The van der Waals surface area contributed by atoms with E-state index in [1.54, 1.807) is 12.1 Å². The van der Waals surface area contributed by atoms with Gasteiger partial charge in [0, 0.05) is 5.39 Å². The first-order chi connectivity index (χ1) is 12.0. The predicted molar refractivity (Wildman–Crippen MR) is 101 cm³/mol. The molecular weight excluding hydrogens is 357 g/mol. The van der Waals surface area contributed by atoms with Gasteiger partial charge in [0.25, 0.3) is 0 Å². The van der Waals surface area contributed by atoms with Crippen molar-refractivity contribution in [3.8, 4) is 0 Å². The lowest BCUT2D eigenvalue weighted by Gasteiger charge is -2.09. The molecule has 1 aliphatic carbocycles. The number of hydrogen-bond donors (Lipinski definition) is 1. The summed E-state index contributed by atoms with van der Waals surface area (Å²) in [7, 11) is 0. The quantitative estimate of drug-likeness (QED) is 0.627. The van der Waals surface area contributed by atoms with Gasteiger partial charge in [0.1, 0.15) is 0 Å². The number of aromatic carboxylic acids is 1. The number of nitrogens with zero attached hydrogens (tertiary/aromatic N) is 1. The highest BCUT2D eigenvalue weighted by Gasteiger charge is 2.26. The van der Waals surface area contributed by atoms with Crippen LogP contribution in [0.5, 0.6) is 0 Å². The maximum absolute atomic E-state index is 11.8. The van der Waals surface area contributed by atoms with Crippen LogP contribution in [0.1, 0.15) is 33.6 Å². The molecule has 1 heterocycles. The first-order valence-corrected chi connectivity index (χ1v) is 8.61. The monoisotopic (exact) mass is 369 g/mol. The van der Waals surface area contributed by atoms with Crippen LogP contribution >= 0.6 is 23.2 Å². The summed E-state index contributed by atoms with van der Waals surface area (Å²) in [6.07, 6.45) is 3.42. The lowest BCUT2D eigenvalue weighted by molar-refractivity contribution is 0.0698. The van der Waals surface area contributed by atoms with E-state index in [1.165, 1.54) is 0 Å². The van der Waals surface area contributed by atoms with E-state index in [1.807, 2.05) is 36.4 Å². The third-order valence-corrected chi connectivity index (χ3v) is 5.18. The molecule has 0 radical (unpaired) electrons. The van der Waals surface area contributed by atoms with Crippen molar-refractivity contribution in [1.29, 1.82) is 0 Å². The van der Waals surface area contributed by atoms with Gasteiger partial charge in [0.05, 0.1) is 26.8 Å². The molecule has 1 aliphatic rings. The molecule has 0 aliphatic heterocycles. The van der Waals surface area contributed by atoms with Gasteiger partial charge in [-0.2, -0.15) is 0 Å². The first kappa shape index (κ1) is 16.1. The molecule has 1 N–H and O–H groups in total. The van der Waals surface area contributed by atoms with Gasteiger partial charge in [-0.15, -0.1) is 0 Å². The van der Waals surface area contributed by atoms with Crippen LogP contribution in [0.3, 0.4) is 0 Å². The van der Waals surface area contributed by atoms with Crippen LogP contribution in [-0.2, 0) is 6.42 Å². The molecule has 3 aromatic rings. The Morgan fingerprint density at radius 3 is 2.64 bits per heavy atom. The Labute approximate surface area is 154 Å². The van der Waals surface area contributed by atoms with Crippen molar-refractivity contribution in [2.45, 2.75) is 12.8 Å². The number of rotatable bonds is 2. The van der Waals surface area contributed by atoms with Crippen LogP contribution in [0.2, 0.25) is 10.0 Å². The number of fused-ring (bicyclic) bond motifs is 2. The van der Waals surface area contributed by atoms with Crippen LogP contribution < -0.4 is 0 Å². The number of allylic oxidation sites excluding steroid dienone is 1. The number of benzene rings is 2. The molecule has 124 valence electrons. The fourth-order valence-electron chi connectivity index (χ4n) is 3.33. The van der Waals surface area contributed by atoms with Gasteiger partial charge in [-0.3, -0.25) is 0 Å². The van der Waals surface area contributed by atoms with Crippen LogP contribution in [0.25, 0.3) is 22.6 Å². The van der Waals surface area contributed by atoms with Gasteiger partial charge in [-0.05, 0) is 53.8 Å². The molecule has 4 rings (SSSR count). The van der Waals surface area contributed by atoms with Crippen LogP contribution in [0.15, 0.2) is 42.5 Å². The van der Waals surface area contributed by atoms with Gasteiger partial charge in [-0.1, -0.05) is 47.5 Å². The number of aromatic nitrogens is 1. The van der Waals surface area contributed by atoms with E-state index in [4.69, 9.17) is 28.2 Å². The van der Waals surface area contributed by atoms with Crippen molar-refractivity contribution >= 4 is 51.7 Å². The minimum absolute atomic E-state index is 0.359. The van der Waals surface area contributed by atoms with Crippen LogP contribution in [-0.4, -0.2) is 16.1 Å². The highest BCUT2D eigenvalue weighted by atomic mass is 35.5. The minimum atomic E-state index is -0.911. The zero-order valence-corrected chi connectivity index (χ0v) is 14.6. The lowest BCUT2D eigenvalue weighted by atomic mass is 10.0. The zero-order chi connectivity index (χ0) is 17.6. The third-order valence-electron chi connectivity index (χ3n) is 4.44. The molecular formula is C20H13Cl2NO2. The number of pyridine rings is 1. The molecule has 5 heteroatoms. The van der Waals surface area contributed by atoms with Crippen molar-refractivity contribution in [2.24, 2.45) is 0 Å². The minimum Gasteiger partial charge on any atom is -0.478 e. The molecule has 0 amide bonds. The molecule has 0 unspecified atom stereocenters. The fraction of sp³-hybridized carbons (Fsp3) is 0.100. The Balaban J connectivity index is 1.91. The van der Waals surface area contributed by atoms with E-state index >= 15 is 0 Å². The van der Waals surface area contributed by atoms with E-state index in [-0.39, 0.29) is 0 Å². The Bertz CT molecular complexity index is 1060. The number of halogens is 2. The molecule has 0 bridgehead atoms. The average Bonchev–Trinajstić information content (AvgIpc) is 2.98. The summed E-state index contributed by atoms with van der Waals surface area (Å²) < 4.78 is 0. The second-order valence-electron chi connectivity index (χ2n) is 5.98. The topological polar surface area (TPSA) is 50.2 Å². The smallest absolute Gasteiger partial charge is 0.336 e. The number of carboxylic acids is 1. The summed E-state index contributed by atoms with van der Waals surface area (Å²) in [5, 5.41) is 11.4. The largest absolute Gasteiger partial charge is 0.478 e. The molecule has 1 aromatic heterocycles. The van der Waals surface area contributed by atoms with Gasteiger partial charge >= 0.3 is 5.97 Å². The molecule has 0 spiro atoms. The van der Waals surface area contributed by atoms with Crippen molar-refractivity contribution in [2.75, 3.05) is 0 Å². The van der Waals surface area contributed by atoms with Gasteiger partial charge in [0.2, 0.25) is 0 Å². The van der Waals surface area contributed by atoms with Crippen molar-refractivity contribution in [3.63, 3.8) is 0 Å². The number of hydrogen-bond acceptors (Lipinski definition) is 2. The second kappa shape index (κ2) is 6.17. The van der Waals surface area contributed by atoms with Crippen molar-refractivity contribution in [3.05, 3.63) is 74.9 Å². The fourth-order valence-corrected chi connectivity index (χ4v) is 3.63. The summed E-state index contributed by atoms with van der Waals surface area (Å²) in [6.45, 7) is 0. The normalized spacial score (nSPS) is 14.9. The molecule has 0 saturated carbocycles. The number of carbonyl (C=O) groups is 1. The molecule has 0 saturated heterocycles. The SMILES string of the molecule is O=C(O)c1c2c(nc3ccccc13)C(=Cc1ccc(Cl)c(Cl)c1)CC2. The van der Waals surface area contributed by atoms with E-state index < -0.39 is 5.97 Å². The van der Waals surface area contributed by atoms with Crippen LogP contribution in [0.4, 0.5) is 0 Å². The van der Waals surface area contributed by atoms with Crippen molar-refractivity contribution in [1.82, 2.24) is 4.98 Å². The molecule has 25 heavy (non-hydrogen) atoms. The van der Waals surface area contributed by atoms with Gasteiger partial charge < -0.3 is 5.11 Å². The summed E-state index contributed by atoms with van der Waals surface area (Å²) in [5.74, 6) is -0.911. The summed E-state index contributed by atoms with van der Waals surface area (Å²) in [5.41, 5.74) is 4.56. The maximum Gasteiger partial charge on any atom is 0.336 e. The van der Waals surface area contributed by atoms with Crippen molar-refractivity contribution < 1.29 is 9.90 Å². The second-order valence-corrected chi connectivity index (χ2v) is 6.79. The van der Waals surface area contributed by atoms with Crippen LogP contribution in [0, 0.1) is 0 Å². The molecule has 2 aromatic carbocycles. The summed E-state index contributed by atoms with van der Waals surface area (Å²) in [6, 6.07) is 12.8. The summed E-state index contributed by atoms with van der Waals surface area (Å²) >= 11 is 12.1. The predicted octanol–water partition coefficient (Wildman–Crippen LogP) is 5.73. The molecule has 0 atom stereocenters. The van der Waals surface area contributed by atoms with E-state index in [0.29, 0.717) is 32.9 Å². The molecule has 3 nitrogen and oxygen atoms in total. The summed E-state index contributed by atoms with van der Waals surface area (Å²) in [4.78, 5) is 16.6. The Kier molecular flexibility index (Phi) is 3.98. The highest BCUT2D eigenvalue weighted by molar-refractivity contribution is 6.42. The zero-order valence-electron chi connectivity index (χ0n) is 13.1. The highest BCUT2D eigenvalue weighted by Crippen LogP contribution is 2.37. The van der Waals surface area contributed by atoms with E-state index in [9.17, 15) is 9.90 Å². The number of carboxylic acid groups (broad SMARTS) is 1. The molecule has 0 fully saturated rings. The standard InChI is InChI=1S/C20H13Cl2NO2/c21-15-8-5-11(10-16(15)22)9-12-6-7-14-18(20(24)25)13-3-1-2-4-17(13)23-19(12)14/h1-5,8-10H,6-7H2,(H,24,25). The van der Waals surface area contributed by atoms with E-state index in [2.05, 4.69) is 0 Å². The van der Waals surface area contributed by atoms with Gasteiger partial charge in [0.15, 0.2) is 0 Å². The van der Waals surface area contributed by atoms with E-state index in [0.717, 1.165) is 28.8 Å². The first-order valence-electron chi connectivity index (χ1n) is 7.85.